The van der Waals surface area contributed by atoms with E-state index in [0.717, 1.165) is 42.1 Å². The third-order valence-electron chi connectivity index (χ3n) is 4.54. The molecule has 0 unspecified atom stereocenters. The third kappa shape index (κ3) is 3.69. The Kier molecular flexibility index (Phi) is 4.37. The first-order valence-electron chi connectivity index (χ1n) is 8.41. The smallest absolute Gasteiger partial charge is 0.231 e. The van der Waals surface area contributed by atoms with Gasteiger partial charge in [0.25, 0.3) is 0 Å². The van der Waals surface area contributed by atoms with Crippen molar-refractivity contribution in [2.24, 2.45) is 0 Å². The zero-order valence-electron chi connectivity index (χ0n) is 14.5. The summed E-state index contributed by atoms with van der Waals surface area (Å²) in [7, 11) is -3.26. The average molecular weight is 379 g/mol. The summed E-state index contributed by atoms with van der Waals surface area (Å²) >= 11 is 0. The van der Waals surface area contributed by atoms with Crippen molar-refractivity contribution >= 4 is 9.84 Å². The summed E-state index contributed by atoms with van der Waals surface area (Å²) in [6.07, 6.45) is 0.0182. The van der Waals surface area contributed by atoms with Crippen LogP contribution in [0.4, 0.5) is 0 Å². The van der Waals surface area contributed by atoms with Crippen molar-refractivity contribution in [1.29, 1.82) is 0 Å². The van der Waals surface area contributed by atoms with Crippen molar-refractivity contribution in [2.75, 3.05) is 25.3 Å². The Bertz CT molecular complexity index is 924. The molecule has 4 rings (SSSR count). The molecule has 0 saturated carbocycles. The summed E-state index contributed by atoms with van der Waals surface area (Å²) in [5, 5.41) is 14.5. The number of hydrogen-bond donors (Lipinski definition) is 1. The Morgan fingerprint density at radius 1 is 1.23 bits per heavy atom. The van der Waals surface area contributed by atoms with Crippen LogP contribution in [0.3, 0.4) is 0 Å². The predicted octanol–water partition coefficient (Wildman–Crippen LogP) is 0.706. The lowest BCUT2D eigenvalue weighted by Gasteiger charge is -2.27. The van der Waals surface area contributed by atoms with E-state index < -0.39 is 15.9 Å². The van der Waals surface area contributed by atoms with Crippen LogP contribution in [0.15, 0.2) is 24.3 Å². The van der Waals surface area contributed by atoms with Gasteiger partial charge in [0.1, 0.15) is 15.9 Å². The molecule has 0 spiro atoms. The molecule has 2 aliphatic heterocycles. The molecule has 1 N–H and O–H groups in total. The average Bonchev–Trinajstić information content (AvgIpc) is 3.18. The van der Waals surface area contributed by atoms with Gasteiger partial charge in [-0.1, -0.05) is 6.07 Å². The van der Waals surface area contributed by atoms with Crippen molar-refractivity contribution in [2.45, 2.75) is 25.7 Å². The second-order valence-electron chi connectivity index (χ2n) is 6.79. The van der Waals surface area contributed by atoms with Gasteiger partial charge in [0.2, 0.25) is 6.79 Å². The molecule has 2 aliphatic rings. The van der Waals surface area contributed by atoms with Gasteiger partial charge >= 0.3 is 0 Å². The van der Waals surface area contributed by atoms with E-state index in [1.165, 1.54) is 0 Å². The van der Waals surface area contributed by atoms with Crippen LogP contribution in [0.25, 0.3) is 0 Å². The van der Waals surface area contributed by atoms with E-state index in [4.69, 9.17) is 9.47 Å². The van der Waals surface area contributed by atoms with Gasteiger partial charge in [-0.05, 0) is 23.8 Å². The van der Waals surface area contributed by atoms with Gasteiger partial charge in [0, 0.05) is 25.9 Å². The molecular formula is C17H21N3O5S. The number of aromatic nitrogens is 2. The van der Waals surface area contributed by atoms with Crippen molar-refractivity contribution in [3.63, 3.8) is 0 Å². The second-order valence-corrected chi connectivity index (χ2v) is 8.98. The lowest BCUT2D eigenvalue weighted by molar-refractivity contribution is 0.173. The Balaban J connectivity index is 1.44. The van der Waals surface area contributed by atoms with Crippen LogP contribution in [0, 0.1) is 0 Å². The molecule has 0 bridgehead atoms. The van der Waals surface area contributed by atoms with Crippen LogP contribution in [0.5, 0.6) is 11.5 Å². The largest absolute Gasteiger partial charge is 0.454 e. The van der Waals surface area contributed by atoms with Gasteiger partial charge in [0.15, 0.2) is 11.5 Å². The van der Waals surface area contributed by atoms with Crippen LogP contribution in [0.1, 0.15) is 23.1 Å². The molecule has 3 heterocycles. The van der Waals surface area contributed by atoms with Crippen LogP contribution >= 0.6 is 0 Å². The highest BCUT2D eigenvalue weighted by molar-refractivity contribution is 7.90. The number of nitrogens with zero attached hydrogens (tertiary/aromatic N) is 3. The fraction of sp³-hybridized carbons (Fsp3) is 0.471. The molecule has 0 fully saturated rings. The maximum absolute atomic E-state index is 11.4. The molecule has 1 aromatic heterocycles. The van der Waals surface area contributed by atoms with Gasteiger partial charge in [0.05, 0.1) is 23.7 Å². The molecule has 1 aromatic carbocycles. The molecule has 1 atom stereocenters. The Hall–Kier alpha value is -2.10. The first-order valence-corrected chi connectivity index (χ1v) is 10.5. The summed E-state index contributed by atoms with van der Waals surface area (Å²) in [6, 6.07) is 7.74. The van der Waals surface area contributed by atoms with Crippen LogP contribution in [-0.2, 0) is 29.5 Å². The standard InChI is InChI=1S/C17H21N3O5S/c1-26(22,23)10-15(21)14-7-13-9-19(4-5-20(13)18-14)8-12-2-3-16-17(6-12)25-11-24-16/h2-3,6-7,15,21H,4-5,8-11H2,1H3/t15-/m1/s1. The molecular weight excluding hydrogens is 358 g/mol. The van der Waals surface area contributed by atoms with Crippen LogP contribution < -0.4 is 9.47 Å². The van der Waals surface area contributed by atoms with E-state index in [2.05, 4.69) is 10.00 Å². The van der Waals surface area contributed by atoms with Crippen LogP contribution in [-0.4, -0.2) is 53.6 Å². The van der Waals surface area contributed by atoms with E-state index in [9.17, 15) is 13.5 Å². The van der Waals surface area contributed by atoms with E-state index in [0.29, 0.717) is 18.8 Å². The third-order valence-corrected chi connectivity index (χ3v) is 5.46. The highest BCUT2D eigenvalue weighted by Gasteiger charge is 2.23. The maximum atomic E-state index is 11.4. The Morgan fingerprint density at radius 2 is 2.04 bits per heavy atom. The zero-order chi connectivity index (χ0) is 18.3. The van der Waals surface area contributed by atoms with Gasteiger partial charge < -0.3 is 14.6 Å². The number of aliphatic hydroxyl groups is 1. The van der Waals surface area contributed by atoms with Crippen molar-refractivity contribution in [3.05, 3.63) is 41.2 Å². The summed E-state index contributed by atoms with van der Waals surface area (Å²) in [5.74, 6) is 1.23. The summed E-state index contributed by atoms with van der Waals surface area (Å²) in [6.45, 7) is 3.24. The van der Waals surface area contributed by atoms with E-state index in [-0.39, 0.29) is 12.5 Å². The highest BCUT2D eigenvalue weighted by atomic mass is 32.2. The molecule has 2 aromatic rings. The van der Waals surface area contributed by atoms with E-state index in [1.807, 2.05) is 22.9 Å². The number of benzene rings is 1. The topological polar surface area (TPSA) is 93.9 Å². The SMILES string of the molecule is CS(=O)(=O)C[C@@H](O)c1cc2n(n1)CCN(Cc1ccc3c(c1)OCO3)C2. The fourth-order valence-corrected chi connectivity index (χ4v) is 4.05. The minimum atomic E-state index is -3.26. The minimum Gasteiger partial charge on any atom is -0.454 e. The summed E-state index contributed by atoms with van der Waals surface area (Å²) in [4.78, 5) is 2.28. The molecule has 0 radical (unpaired) electrons. The quantitative estimate of drug-likeness (QED) is 0.817. The number of hydrogen-bond acceptors (Lipinski definition) is 7. The van der Waals surface area contributed by atoms with Gasteiger partial charge in [-0.2, -0.15) is 5.10 Å². The molecule has 8 nitrogen and oxygen atoms in total. The number of aliphatic hydroxyl groups excluding tert-OH is 1. The molecule has 140 valence electrons. The van der Waals surface area contributed by atoms with Crippen molar-refractivity contribution in [3.8, 4) is 11.5 Å². The summed E-state index contributed by atoms with van der Waals surface area (Å²) < 4.78 is 35.3. The number of fused-ring (bicyclic) bond motifs is 2. The normalized spacial score (nSPS) is 17.9. The monoisotopic (exact) mass is 379 g/mol. The maximum Gasteiger partial charge on any atom is 0.231 e. The Labute approximate surface area is 151 Å². The predicted molar refractivity (Wildman–Crippen MR) is 93.6 cm³/mol. The van der Waals surface area contributed by atoms with Crippen molar-refractivity contribution in [1.82, 2.24) is 14.7 Å². The zero-order valence-corrected chi connectivity index (χ0v) is 15.3. The van der Waals surface area contributed by atoms with Crippen molar-refractivity contribution < 1.29 is 23.0 Å². The van der Waals surface area contributed by atoms with Gasteiger partial charge in [-0.3, -0.25) is 9.58 Å². The first-order chi connectivity index (χ1) is 12.4. The number of sulfone groups is 1. The minimum absolute atomic E-state index is 0.264. The molecule has 0 saturated heterocycles. The first kappa shape index (κ1) is 17.3. The lowest BCUT2D eigenvalue weighted by atomic mass is 10.1. The second kappa shape index (κ2) is 6.57. The molecule has 26 heavy (non-hydrogen) atoms. The molecule has 9 heteroatoms. The molecule has 0 amide bonds. The number of rotatable bonds is 5. The van der Waals surface area contributed by atoms with Crippen LogP contribution in [0.2, 0.25) is 0 Å². The highest BCUT2D eigenvalue weighted by Crippen LogP contribution is 2.33. The van der Waals surface area contributed by atoms with E-state index in [1.54, 1.807) is 6.07 Å². The lowest BCUT2D eigenvalue weighted by Crippen LogP contribution is -2.33. The van der Waals surface area contributed by atoms with Gasteiger partial charge in [-0.15, -0.1) is 0 Å². The van der Waals surface area contributed by atoms with Gasteiger partial charge in [-0.25, -0.2) is 8.42 Å². The van der Waals surface area contributed by atoms with E-state index >= 15 is 0 Å². The Morgan fingerprint density at radius 3 is 2.85 bits per heavy atom. The number of ether oxygens (including phenoxy) is 2. The molecule has 0 aliphatic carbocycles. The summed E-state index contributed by atoms with van der Waals surface area (Å²) in [5.41, 5.74) is 2.52. The fourth-order valence-electron chi connectivity index (χ4n) is 3.31.